The summed E-state index contributed by atoms with van der Waals surface area (Å²) in [5.74, 6) is 0.564. The second kappa shape index (κ2) is 6.95. The van der Waals surface area contributed by atoms with Gasteiger partial charge in [-0.3, -0.25) is 4.79 Å². The van der Waals surface area contributed by atoms with Gasteiger partial charge in [-0.25, -0.2) is 0 Å². The zero-order chi connectivity index (χ0) is 15.2. The van der Waals surface area contributed by atoms with Gasteiger partial charge in [0, 0.05) is 19.2 Å². The van der Waals surface area contributed by atoms with Gasteiger partial charge in [0.2, 0.25) is 5.91 Å². The Morgan fingerprint density at radius 1 is 1.62 bits per heavy atom. The van der Waals surface area contributed by atoms with E-state index < -0.39 is 6.04 Å². The van der Waals surface area contributed by atoms with Crippen LogP contribution in [0.4, 0.5) is 5.69 Å². The molecule has 1 heterocycles. The number of hydrogen-bond donors (Lipinski definition) is 1. The first kappa shape index (κ1) is 15.1. The second-order valence-corrected chi connectivity index (χ2v) is 4.67. The molecular formula is C15H19N3O3. The summed E-state index contributed by atoms with van der Waals surface area (Å²) < 4.78 is 10.6. The van der Waals surface area contributed by atoms with Crippen LogP contribution in [0.1, 0.15) is 12.5 Å². The van der Waals surface area contributed by atoms with Gasteiger partial charge in [-0.15, -0.1) is 0 Å². The molecule has 112 valence electrons. The van der Waals surface area contributed by atoms with Gasteiger partial charge in [-0.05, 0) is 19.1 Å². The van der Waals surface area contributed by atoms with E-state index in [4.69, 9.17) is 9.47 Å². The molecule has 2 rings (SSSR count). The summed E-state index contributed by atoms with van der Waals surface area (Å²) in [7, 11) is 1.58. The number of rotatable bonds is 4. The zero-order valence-corrected chi connectivity index (χ0v) is 12.3. The van der Waals surface area contributed by atoms with Crippen LogP contribution in [0.3, 0.4) is 0 Å². The lowest BCUT2D eigenvalue weighted by atomic mass is 10.1. The number of carbonyl (C=O) groups excluding carboxylic acids is 1. The fraction of sp³-hybridized carbons (Fsp3) is 0.467. The molecule has 6 heteroatoms. The fourth-order valence-electron chi connectivity index (χ4n) is 2.37. The number of anilines is 1. The maximum absolute atomic E-state index is 12.2. The molecule has 1 aromatic carbocycles. The first-order valence-corrected chi connectivity index (χ1v) is 6.91. The number of carbonyl (C=O) groups is 1. The van der Waals surface area contributed by atoms with Gasteiger partial charge in [0.1, 0.15) is 17.9 Å². The Bertz CT molecular complexity index is 554. The average molecular weight is 289 g/mol. The van der Waals surface area contributed by atoms with E-state index in [2.05, 4.69) is 11.4 Å². The molecule has 0 bridgehead atoms. The Morgan fingerprint density at radius 2 is 2.43 bits per heavy atom. The maximum Gasteiger partial charge on any atom is 0.245 e. The molecule has 1 N–H and O–H groups in total. The van der Waals surface area contributed by atoms with Gasteiger partial charge in [0.05, 0.1) is 31.6 Å². The summed E-state index contributed by atoms with van der Waals surface area (Å²) in [6.45, 7) is 3.83. The summed E-state index contributed by atoms with van der Waals surface area (Å²) in [4.78, 5) is 14.1. The van der Waals surface area contributed by atoms with Crippen LogP contribution in [-0.4, -0.2) is 45.4 Å². The lowest BCUT2D eigenvalue weighted by Gasteiger charge is -2.36. The molecule has 1 amide bonds. The number of morpholine rings is 1. The van der Waals surface area contributed by atoms with Crippen LogP contribution in [0.25, 0.3) is 0 Å². The fourth-order valence-corrected chi connectivity index (χ4v) is 2.37. The molecule has 0 aliphatic carbocycles. The van der Waals surface area contributed by atoms with Gasteiger partial charge in [-0.1, -0.05) is 0 Å². The number of nitrogens with zero attached hydrogens (tertiary/aromatic N) is 2. The lowest BCUT2D eigenvalue weighted by molar-refractivity contribution is -0.124. The van der Waals surface area contributed by atoms with Crippen molar-refractivity contribution < 1.29 is 14.3 Å². The van der Waals surface area contributed by atoms with E-state index in [9.17, 15) is 10.1 Å². The molecule has 1 aliphatic rings. The minimum absolute atomic E-state index is 0.0936. The maximum atomic E-state index is 12.2. The Labute approximate surface area is 124 Å². The molecule has 1 saturated heterocycles. The number of nitriles is 1. The van der Waals surface area contributed by atoms with Crippen LogP contribution in [0.2, 0.25) is 0 Å². The second-order valence-electron chi connectivity index (χ2n) is 4.67. The molecule has 21 heavy (non-hydrogen) atoms. The smallest absolute Gasteiger partial charge is 0.245 e. The summed E-state index contributed by atoms with van der Waals surface area (Å²) in [5, 5.41) is 12.1. The highest BCUT2D eigenvalue weighted by atomic mass is 16.5. The van der Waals surface area contributed by atoms with E-state index in [0.29, 0.717) is 43.3 Å². The Balaban J connectivity index is 2.37. The highest BCUT2D eigenvalue weighted by Gasteiger charge is 2.30. The predicted octanol–water partition coefficient (Wildman–Crippen LogP) is 0.908. The van der Waals surface area contributed by atoms with Gasteiger partial charge in [0.25, 0.3) is 0 Å². The molecule has 1 atom stereocenters. The molecule has 0 saturated carbocycles. The first-order chi connectivity index (χ1) is 10.2. The predicted molar refractivity (Wildman–Crippen MR) is 78.3 cm³/mol. The number of methoxy groups -OCH3 is 1. The van der Waals surface area contributed by atoms with Gasteiger partial charge >= 0.3 is 0 Å². The van der Waals surface area contributed by atoms with E-state index in [1.807, 2.05) is 11.8 Å². The number of nitrogens with one attached hydrogen (secondary N) is 1. The zero-order valence-electron chi connectivity index (χ0n) is 12.3. The van der Waals surface area contributed by atoms with Crippen molar-refractivity contribution in [3.05, 3.63) is 23.8 Å². The number of benzene rings is 1. The van der Waals surface area contributed by atoms with Crippen LogP contribution in [0.5, 0.6) is 5.75 Å². The SMILES string of the molecule is CCNC(=O)C1COCCN1c1cc(OC)ccc1C#N. The highest BCUT2D eigenvalue weighted by Crippen LogP contribution is 2.28. The van der Waals surface area contributed by atoms with Crippen LogP contribution in [0.15, 0.2) is 18.2 Å². The minimum atomic E-state index is -0.432. The topological polar surface area (TPSA) is 74.6 Å². The van der Waals surface area contributed by atoms with Crippen molar-refractivity contribution in [3.8, 4) is 11.8 Å². The van der Waals surface area contributed by atoms with Gasteiger partial charge in [0.15, 0.2) is 0 Å². The standard InChI is InChI=1S/C15H19N3O3/c1-3-17-15(19)14-10-21-7-6-18(14)13-8-12(20-2)5-4-11(13)9-16/h4-5,8,14H,3,6-7,10H2,1-2H3,(H,17,19). The van der Waals surface area contributed by atoms with Crippen molar-refractivity contribution in [2.75, 3.05) is 38.3 Å². The molecule has 1 aliphatic heterocycles. The summed E-state index contributed by atoms with van der Waals surface area (Å²) in [6.07, 6.45) is 0. The molecule has 1 aromatic rings. The Hall–Kier alpha value is -2.26. The van der Waals surface area contributed by atoms with E-state index in [-0.39, 0.29) is 5.91 Å². The first-order valence-electron chi connectivity index (χ1n) is 6.91. The van der Waals surface area contributed by atoms with Crippen LogP contribution in [-0.2, 0) is 9.53 Å². The highest BCUT2D eigenvalue weighted by molar-refractivity contribution is 5.86. The molecule has 0 aromatic heterocycles. The van der Waals surface area contributed by atoms with Crippen LogP contribution < -0.4 is 15.0 Å². The monoisotopic (exact) mass is 289 g/mol. The van der Waals surface area contributed by atoms with E-state index in [1.165, 1.54) is 0 Å². The number of amides is 1. The molecular weight excluding hydrogens is 270 g/mol. The third kappa shape index (κ3) is 3.26. The molecule has 0 radical (unpaired) electrons. The van der Waals surface area contributed by atoms with Crippen molar-refractivity contribution in [3.63, 3.8) is 0 Å². The Kier molecular flexibility index (Phi) is 5.01. The van der Waals surface area contributed by atoms with Gasteiger partial charge < -0.3 is 19.7 Å². The average Bonchev–Trinajstić information content (AvgIpc) is 2.54. The van der Waals surface area contributed by atoms with Gasteiger partial charge in [-0.2, -0.15) is 5.26 Å². The number of hydrogen-bond acceptors (Lipinski definition) is 5. The van der Waals surface area contributed by atoms with Crippen molar-refractivity contribution >= 4 is 11.6 Å². The van der Waals surface area contributed by atoms with Crippen molar-refractivity contribution in [2.45, 2.75) is 13.0 Å². The van der Waals surface area contributed by atoms with Crippen molar-refractivity contribution in [1.29, 1.82) is 5.26 Å². The Morgan fingerprint density at radius 3 is 3.10 bits per heavy atom. The van der Waals surface area contributed by atoms with Crippen LogP contribution >= 0.6 is 0 Å². The third-order valence-electron chi connectivity index (χ3n) is 3.42. The normalized spacial score (nSPS) is 18.0. The quantitative estimate of drug-likeness (QED) is 0.891. The summed E-state index contributed by atoms with van der Waals surface area (Å²) in [6, 6.07) is 6.97. The largest absolute Gasteiger partial charge is 0.497 e. The molecule has 0 spiro atoms. The molecule has 1 fully saturated rings. The minimum Gasteiger partial charge on any atom is -0.497 e. The van der Waals surface area contributed by atoms with E-state index in [0.717, 1.165) is 0 Å². The van der Waals surface area contributed by atoms with E-state index >= 15 is 0 Å². The number of likely N-dealkylation sites (N-methyl/N-ethyl adjacent to an activating group) is 1. The molecule has 1 unspecified atom stereocenters. The van der Waals surface area contributed by atoms with E-state index in [1.54, 1.807) is 25.3 Å². The van der Waals surface area contributed by atoms with Crippen molar-refractivity contribution in [1.82, 2.24) is 5.32 Å². The third-order valence-corrected chi connectivity index (χ3v) is 3.42. The number of ether oxygens (including phenoxy) is 2. The summed E-state index contributed by atoms with van der Waals surface area (Å²) in [5.41, 5.74) is 1.23. The lowest BCUT2D eigenvalue weighted by Crippen LogP contribution is -2.54. The summed E-state index contributed by atoms with van der Waals surface area (Å²) >= 11 is 0. The van der Waals surface area contributed by atoms with Crippen molar-refractivity contribution in [2.24, 2.45) is 0 Å². The van der Waals surface area contributed by atoms with Crippen LogP contribution in [0, 0.1) is 11.3 Å². The molecule has 6 nitrogen and oxygen atoms in total.